The van der Waals surface area contributed by atoms with E-state index >= 15 is 0 Å². The van der Waals surface area contributed by atoms with Crippen LogP contribution in [0.15, 0.2) is 52.9 Å². The Kier molecular flexibility index (Phi) is 4.86. The Labute approximate surface area is 151 Å². The summed E-state index contributed by atoms with van der Waals surface area (Å²) in [5, 5.41) is 14.3. The second-order valence-corrected chi connectivity index (χ2v) is 6.17. The zero-order chi connectivity index (χ0) is 18.7. The number of hydrogen-bond acceptors (Lipinski definition) is 5. The first kappa shape index (κ1) is 17.8. The lowest BCUT2D eigenvalue weighted by Crippen LogP contribution is -2.38. The van der Waals surface area contributed by atoms with E-state index in [4.69, 9.17) is 13.9 Å². The summed E-state index contributed by atoms with van der Waals surface area (Å²) >= 11 is 0. The largest absolute Gasteiger partial charge is 0.493 e. The molecule has 1 unspecified atom stereocenters. The van der Waals surface area contributed by atoms with Crippen LogP contribution in [0.1, 0.15) is 23.0 Å². The molecule has 0 fully saturated rings. The van der Waals surface area contributed by atoms with Crippen molar-refractivity contribution in [1.29, 1.82) is 0 Å². The van der Waals surface area contributed by atoms with Gasteiger partial charge in [0.15, 0.2) is 11.5 Å². The molecule has 1 atom stereocenters. The summed E-state index contributed by atoms with van der Waals surface area (Å²) in [6.07, 6.45) is 0. The summed E-state index contributed by atoms with van der Waals surface area (Å²) < 4.78 is 16.1. The highest BCUT2D eigenvalue weighted by Gasteiger charge is 2.28. The number of para-hydroxylation sites is 1. The lowest BCUT2D eigenvalue weighted by Gasteiger charge is -2.21. The summed E-state index contributed by atoms with van der Waals surface area (Å²) in [6.45, 7) is 1.60. The number of furan rings is 1. The van der Waals surface area contributed by atoms with Gasteiger partial charge in [-0.05, 0) is 37.3 Å². The number of ether oxygens (including phenoxy) is 2. The Morgan fingerprint density at radius 2 is 1.85 bits per heavy atom. The second-order valence-electron chi connectivity index (χ2n) is 6.17. The Morgan fingerprint density at radius 1 is 1.12 bits per heavy atom. The van der Waals surface area contributed by atoms with E-state index in [1.54, 1.807) is 31.2 Å². The van der Waals surface area contributed by atoms with Gasteiger partial charge in [-0.15, -0.1) is 0 Å². The van der Waals surface area contributed by atoms with Crippen LogP contribution >= 0.6 is 0 Å². The van der Waals surface area contributed by atoms with Gasteiger partial charge in [-0.25, -0.2) is 0 Å². The number of aliphatic hydroxyl groups is 1. The fraction of sp³-hybridized carbons (Fsp3) is 0.250. The lowest BCUT2D eigenvalue weighted by molar-refractivity contribution is 0.0344. The van der Waals surface area contributed by atoms with Crippen molar-refractivity contribution < 1.29 is 23.8 Å². The zero-order valence-electron chi connectivity index (χ0n) is 14.9. The number of benzene rings is 2. The van der Waals surface area contributed by atoms with Crippen LogP contribution in [0.2, 0.25) is 0 Å². The van der Waals surface area contributed by atoms with E-state index in [1.165, 1.54) is 14.2 Å². The van der Waals surface area contributed by atoms with Gasteiger partial charge in [0.25, 0.3) is 5.91 Å². The molecule has 6 nitrogen and oxygen atoms in total. The third-order valence-electron chi connectivity index (χ3n) is 4.20. The molecule has 0 saturated heterocycles. The van der Waals surface area contributed by atoms with Crippen molar-refractivity contribution in [1.82, 2.24) is 5.32 Å². The Morgan fingerprint density at radius 3 is 2.54 bits per heavy atom. The van der Waals surface area contributed by atoms with Crippen LogP contribution in [0.5, 0.6) is 11.5 Å². The molecule has 1 aromatic heterocycles. The summed E-state index contributed by atoms with van der Waals surface area (Å²) in [4.78, 5) is 12.4. The van der Waals surface area contributed by atoms with Crippen molar-refractivity contribution in [3.63, 3.8) is 0 Å². The molecule has 2 aromatic carbocycles. The van der Waals surface area contributed by atoms with Crippen LogP contribution in [-0.4, -0.2) is 31.8 Å². The highest BCUT2D eigenvalue weighted by molar-refractivity contribution is 5.95. The molecule has 2 N–H and O–H groups in total. The normalized spacial score (nSPS) is 13.2. The Hall–Kier alpha value is -2.99. The van der Waals surface area contributed by atoms with E-state index < -0.39 is 5.60 Å². The third kappa shape index (κ3) is 3.50. The number of carbonyl (C=O) groups is 1. The average molecular weight is 355 g/mol. The maximum atomic E-state index is 12.4. The minimum absolute atomic E-state index is 0.0000000787. The van der Waals surface area contributed by atoms with Gasteiger partial charge < -0.3 is 24.3 Å². The van der Waals surface area contributed by atoms with Crippen molar-refractivity contribution in [2.45, 2.75) is 12.5 Å². The van der Waals surface area contributed by atoms with E-state index in [9.17, 15) is 9.90 Å². The molecule has 0 saturated carbocycles. The van der Waals surface area contributed by atoms with E-state index in [0.29, 0.717) is 28.4 Å². The SMILES string of the molecule is COc1ccc(C(=O)NCC(C)(O)c2cc3ccccc3o2)cc1OC. The van der Waals surface area contributed by atoms with E-state index in [0.717, 1.165) is 5.39 Å². The molecule has 0 aliphatic rings. The fourth-order valence-electron chi connectivity index (χ4n) is 2.67. The number of hydrogen-bond donors (Lipinski definition) is 2. The van der Waals surface area contributed by atoms with Gasteiger partial charge in [0.1, 0.15) is 16.9 Å². The van der Waals surface area contributed by atoms with E-state index in [-0.39, 0.29) is 12.5 Å². The van der Waals surface area contributed by atoms with Crippen molar-refractivity contribution in [2.24, 2.45) is 0 Å². The molecule has 0 aliphatic carbocycles. The summed E-state index contributed by atoms with van der Waals surface area (Å²) in [7, 11) is 3.04. The molecule has 3 rings (SSSR count). The highest BCUT2D eigenvalue weighted by atomic mass is 16.5. The minimum atomic E-state index is -1.34. The standard InChI is InChI=1S/C20H21NO5/c1-20(23,18-11-13-6-4-5-7-15(13)26-18)12-21-19(22)14-8-9-16(24-2)17(10-14)25-3/h4-11,23H,12H2,1-3H3,(H,21,22). The monoisotopic (exact) mass is 355 g/mol. The maximum absolute atomic E-state index is 12.4. The van der Waals surface area contributed by atoms with Crippen LogP contribution in [-0.2, 0) is 5.60 Å². The van der Waals surface area contributed by atoms with Crippen molar-refractivity contribution in [2.75, 3.05) is 20.8 Å². The van der Waals surface area contributed by atoms with Crippen LogP contribution in [0.4, 0.5) is 0 Å². The number of nitrogens with one attached hydrogen (secondary N) is 1. The topological polar surface area (TPSA) is 80.9 Å². The number of carbonyl (C=O) groups excluding carboxylic acids is 1. The van der Waals surface area contributed by atoms with E-state index in [2.05, 4.69) is 5.32 Å². The first-order chi connectivity index (χ1) is 12.4. The van der Waals surface area contributed by atoms with Gasteiger partial charge >= 0.3 is 0 Å². The Bertz CT molecular complexity index is 896. The van der Waals surface area contributed by atoms with E-state index in [1.807, 2.05) is 24.3 Å². The quantitative estimate of drug-likeness (QED) is 0.710. The number of methoxy groups -OCH3 is 2. The fourth-order valence-corrected chi connectivity index (χ4v) is 2.67. The third-order valence-corrected chi connectivity index (χ3v) is 4.20. The molecule has 6 heteroatoms. The average Bonchev–Trinajstić information content (AvgIpc) is 3.10. The molecule has 1 heterocycles. The van der Waals surface area contributed by atoms with Gasteiger partial charge in [-0.2, -0.15) is 0 Å². The van der Waals surface area contributed by atoms with Crippen LogP contribution in [0.25, 0.3) is 11.0 Å². The zero-order valence-corrected chi connectivity index (χ0v) is 14.9. The van der Waals surface area contributed by atoms with Crippen LogP contribution in [0.3, 0.4) is 0 Å². The molecule has 0 radical (unpaired) electrons. The number of rotatable bonds is 6. The highest BCUT2D eigenvalue weighted by Crippen LogP contribution is 2.29. The van der Waals surface area contributed by atoms with Gasteiger partial charge in [0, 0.05) is 10.9 Å². The van der Waals surface area contributed by atoms with Gasteiger partial charge in [-0.3, -0.25) is 4.79 Å². The first-order valence-corrected chi connectivity index (χ1v) is 8.16. The smallest absolute Gasteiger partial charge is 0.251 e. The molecule has 0 spiro atoms. The molecule has 136 valence electrons. The van der Waals surface area contributed by atoms with Crippen molar-refractivity contribution in [3.05, 3.63) is 59.9 Å². The lowest BCUT2D eigenvalue weighted by atomic mass is 10.0. The molecular formula is C20H21NO5. The van der Waals surface area contributed by atoms with Gasteiger partial charge in [-0.1, -0.05) is 18.2 Å². The predicted molar refractivity (Wildman–Crippen MR) is 97.7 cm³/mol. The molecule has 1 amide bonds. The predicted octanol–water partition coefficient (Wildman–Crippen LogP) is 3.09. The van der Waals surface area contributed by atoms with Gasteiger partial charge in [0.2, 0.25) is 0 Å². The number of amides is 1. The summed E-state index contributed by atoms with van der Waals surface area (Å²) in [5.74, 6) is 1.07. The van der Waals surface area contributed by atoms with Crippen molar-refractivity contribution >= 4 is 16.9 Å². The van der Waals surface area contributed by atoms with Crippen molar-refractivity contribution in [3.8, 4) is 11.5 Å². The molecule has 3 aromatic rings. The summed E-state index contributed by atoms with van der Waals surface area (Å²) in [5.41, 5.74) is -0.248. The second kappa shape index (κ2) is 7.09. The Balaban J connectivity index is 1.73. The number of fused-ring (bicyclic) bond motifs is 1. The molecule has 0 bridgehead atoms. The maximum Gasteiger partial charge on any atom is 0.251 e. The van der Waals surface area contributed by atoms with Gasteiger partial charge in [0.05, 0.1) is 20.8 Å². The first-order valence-electron chi connectivity index (χ1n) is 8.16. The van der Waals surface area contributed by atoms with Crippen LogP contribution < -0.4 is 14.8 Å². The minimum Gasteiger partial charge on any atom is -0.493 e. The summed E-state index contributed by atoms with van der Waals surface area (Å²) in [6, 6.07) is 14.1. The molecular weight excluding hydrogens is 334 g/mol. The van der Waals surface area contributed by atoms with Crippen LogP contribution in [0, 0.1) is 0 Å². The molecule has 26 heavy (non-hydrogen) atoms. The molecule has 0 aliphatic heterocycles.